The van der Waals surface area contributed by atoms with Crippen molar-refractivity contribution in [3.63, 3.8) is 0 Å². The van der Waals surface area contributed by atoms with E-state index in [1.165, 1.54) is 25.8 Å². The summed E-state index contributed by atoms with van der Waals surface area (Å²) in [5, 5.41) is -0.566. The Balaban J connectivity index is 0.00000456. The first-order valence-electron chi connectivity index (χ1n) is 11.0. The highest BCUT2D eigenvalue weighted by atomic mass is 32.2. The van der Waals surface area contributed by atoms with Gasteiger partial charge < -0.3 is 28.7 Å². The molecule has 0 saturated carbocycles. The van der Waals surface area contributed by atoms with E-state index in [1.807, 2.05) is 37.2 Å². The van der Waals surface area contributed by atoms with Crippen molar-refractivity contribution < 1.29 is 33.3 Å². The van der Waals surface area contributed by atoms with Crippen LogP contribution in [-0.2, 0) is 23.9 Å². The molecule has 0 saturated heterocycles. The minimum Gasteiger partial charge on any atom is -0.497 e. The standard InChI is InChI=1S/C25H30N2O7S.CH4/c1-16(28)34-22-23(17-9-11-18(31-4)12-10-17)35-24-19(27(25(22)30)14-13-26(2)3)7-6-8-20(24)33-15-21(29)32-5;/h6-12,22-23H,13-15H2,1-5H3;1H4/t22-,23+;/m1./s1. The smallest absolute Gasteiger partial charge is 0.343 e. The number of hydrogen-bond acceptors (Lipinski definition) is 9. The minimum absolute atomic E-state index is 0. The van der Waals surface area contributed by atoms with Crippen molar-refractivity contribution in [3.05, 3.63) is 48.0 Å². The van der Waals surface area contributed by atoms with E-state index in [0.717, 1.165) is 5.56 Å². The lowest BCUT2D eigenvalue weighted by molar-refractivity contribution is -0.152. The second-order valence-corrected chi connectivity index (χ2v) is 9.26. The first-order valence-corrected chi connectivity index (χ1v) is 11.9. The molecule has 0 aliphatic carbocycles. The van der Waals surface area contributed by atoms with Crippen molar-refractivity contribution in [1.82, 2.24) is 4.90 Å². The summed E-state index contributed by atoms with van der Waals surface area (Å²) < 4.78 is 21.4. The van der Waals surface area contributed by atoms with Crippen LogP contribution in [0.4, 0.5) is 5.69 Å². The molecule has 10 heteroatoms. The molecule has 0 spiro atoms. The molecule has 2 aromatic rings. The van der Waals surface area contributed by atoms with Gasteiger partial charge in [-0.25, -0.2) is 4.79 Å². The number of methoxy groups -OCH3 is 2. The number of thioether (sulfide) groups is 1. The maximum Gasteiger partial charge on any atom is 0.343 e. The average molecular weight is 519 g/mol. The SMILES string of the molecule is C.COC(=O)COc1cccc2c1S[C@@H](c1ccc(OC)cc1)[C@@H](OC(C)=O)C(=O)N2CCN(C)C. The van der Waals surface area contributed by atoms with E-state index in [1.54, 1.807) is 36.3 Å². The molecule has 0 bridgehead atoms. The summed E-state index contributed by atoms with van der Waals surface area (Å²) in [6.45, 7) is 1.96. The zero-order chi connectivity index (χ0) is 25.5. The van der Waals surface area contributed by atoms with Crippen LogP contribution in [0.5, 0.6) is 11.5 Å². The molecule has 1 amide bonds. The number of carbonyl (C=O) groups is 3. The lowest BCUT2D eigenvalue weighted by atomic mass is 10.1. The van der Waals surface area contributed by atoms with E-state index in [0.29, 0.717) is 35.2 Å². The molecule has 2 atom stereocenters. The molecule has 196 valence electrons. The van der Waals surface area contributed by atoms with Crippen LogP contribution in [-0.4, -0.2) is 76.9 Å². The van der Waals surface area contributed by atoms with Gasteiger partial charge in [0.05, 0.1) is 30.1 Å². The van der Waals surface area contributed by atoms with E-state index in [-0.39, 0.29) is 19.9 Å². The zero-order valence-electron chi connectivity index (χ0n) is 20.5. The fraction of sp³-hybridized carbons (Fsp3) is 0.423. The number of carbonyl (C=O) groups excluding carboxylic acids is 3. The van der Waals surface area contributed by atoms with E-state index in [4.69, 9.17) is 18.9 Å². The Bertz CT molecular complexity index is 1060. The molecular weight excluding hydrogens is 484 g/mol. The van der Waals surface area contributed by atoms with Gasteiger partial charge in [-0.1, -0.05) is 25.6 Å². The number of esters is 2. The Kier molecular flexibility index (Phi) is 10.6. The third-order valence-electron chi connectivity index (χ3n) is 5.36. The molecule has 0 aromatic heterocycles. The van der Waals surface area contributed by atoms with Gasteiger partial charge in [0.2, 0.25) is 0 Å². The number of amides is 1. The minimum atomic E-state index is -1.08. The number of hydrogen-bond donors (Lipinski definition) is 0. The molecule has 0 unspecified atom stereocenters. The number of fused-ring (bicyclic) bond motifs is 1. The molecule has 3 rings (SSSR count). The van der Waals surface area contributed by atoms with Crippen molar-refractivity contribution in [2.24, 2.45) is 0 Å². The summed E-state index contributed by atoms with van der Waals surface area (Å²) in [6.07, 6.45) is -1.08. The highest BCUT2D eigenvalue weighted by molar-refractivity contribution is 8.00. The number of anilines is 1. The maximum atomic E-state index is 13.9. The third kappa shape index (κ3) is 6.92. The van der Waals surface area contributed by atoms with E-state index in [2.05, 4.69) is 0 Å². The summed E-state index contributed by atoms with van der Waals surface area (Å²) >= 11 is 1.35. The van der Waals surface area contributed by atoms with Gasteiger partial charge in [0.15, 0.2) is 12.7 Å². The summed E-state index contributed by atoms with van der Waals surface area (Å²) in [7, 11) is 6.69. The summed E-state index contributed by atoms with van der Waals surface area (Å²) in [5.74, 6) is -0.311. The van der Waals surface area contributed by atoms with Crippen LogP contribution in [0, 0.1) is 0 Å². The summed E-state index contributed by atoms with van der Waals surface area (Å²) in [5.41, 5.74) is 1.40. The van der Waals surface area contributed by atoms with Crippen molar-refractivity contribution in [2.75, 3.05) is 52.9 Å². The Morgan fingerprint density at radius 1 is 1.08 bits per heavy atom. The van der Waals surface area contributed by atoms with E-state index >= 15 is 0 Å². The third-order valence-corrected chi connectivity index (χ3v) is 6.78. The molecule has 2 aromatic carbocycles. The van der Waals surface area contributed by atoms with Crippen LogP contribution in [0.2, 0.25) is 0 Å². The van der Waals surface area contributed by atoms with Crippen molar-refractivity contribution >= 4 is 35.3 Å². The molecule has 0 fully saturated rings. The Labute approximate surface area is 216 Å². The predicted molar refractivity (Wildman–Crippen MR) is 139 cm³/mol. The second kappa shape index (κ2) is 13.2. The molecule has 9 nitrogen and oxygen atoms in total. The Morgan fingerprint density at radius 2 is 1.78 bits per heavy atom. The first-order chi connectivity index (χ1) is 16.7. The normalized spacial score (nSPS) is 16.9. The highest BCUT2D eigenvalue weighted by Gasteiger charge is 2.41. The second-order valence-electron chi connectivity index (χ2n) is 8.10. The monoisotopic (exact) mass is 518 g/mol. The quantitative estimate of drug-likeness (QED) is 0.462. The predicted octanol–water partition coefficient (Wildman–Crippen LogP) is 3.56. The number of benzene rings is 2. The topological polar surface area (TPSA) is 94.6 Å². The Morgan fingerprint density at radius 3 is 2.36 bits per heavy atom. The van der Waals surface area contributed by atoms with Crippen molar-refractivity contribution in [3.8, 4) is 11.5 Å². The lowest BCUT2D eigenvalue weighted by Gasteiger charge is -2.28. The Hall–Kier alpha value is -3.24. The largest absolute Gasteiger partial charge is 0.497 e. The average Bonchev–Trinajstić information content (AvgIpc) is 2.95. The van der Waals surface area contributed by atoms with Crippen LogP contribution >= 0.6 is 11.8 Å². The van der Waals surface area contributed by atoms with Gasteiger partial charge in [0, 0.05) is 20.0 Å². The summed E-state index contributed by atoms with van der Waals surface area (Å²) in [6, 6.07) is 12.6. The molecule has 1 aliphatic rings. The van der Waals surface area contributed by atoms with Crippen LogP contribution in [0.25, 0.3) is 0 Å². The van der Waals surface area contributed by atoms with Gasteiger partial charge in [-0.15, -0.1) is 11.8 Å². The lowest BCUT2D eigenvalue weighted by Crippen LogP contribution is -2.45. The molecular formula is C26H34N2O7S. The van der Waals surface area contributed by atoms with Crippen LogP contribution in [0.1, 0.15) is 25.2 Å². The van der Waals surface area contributed by atoms with E-state index < -0.39 is 23.3 Å². The van der Waals surface area contributed by atoms with Gasteiger partial charge >= 0.3 is 11.9 Å². The van der Waals surface area contributed by atoms with Crippen LogP contribution < -0.4 is 14.4 Å². The van der Waals surface area contributed by atoms with Crippen molar-refractivity contribution in [2.45, 2.75) is 30.6 Å². The molecule has 0 radical (unpaired) electrons. The fourth-order valence-electron chi connectivity index (χ4n) is 3.59. The first kappa shape index (κ1) is 29.0. The number of nitrogens with zero attached hydrogens (tertiary/aromatic N) is 2. The number of ether oxygens (including phenoxy) is 4. The molecule has 1 aliphatic heterocycles. The van der Waals surface area contributed by atoms with Crippen LogP contribution in [0.15, 0.2) is 47.4 Å². The maximum absolute atomic E-state index is 13.9. The molecule has 36 heavy (non-hydrogen) atoms. The van der Waals surface area contributed by atoms with E-state index in [9.17, 15) is 14.4 Å². The number of rotatable bonds is 9. The molecule has 0 N–H and O–H groups in total. The van der Waals surface area contributed by atoms with Gasteiger partial charge in [-0.3, -0.25) is 9.59 Å². The van der Waals surface area contributed by atoms with Gasteiger partial charge in [-0.05, 0) is 43.9 Å². The van der Waals surface area contributed by atoms with Crippen molar-refractivity contribution in [1.29, 1.82) is 0 Å². The number of likely N-dealkylation sites (N-methyl/N-ethyl adjacent to an activating group) is 1. The van der Waals surface area contributed by atoms with Crippen LogP contribution in [0.3, 0.4) is 0 Å². The van der Waals surface area contributed by atoms with Gasteiger partial charge in [0.25, 0.3) is 5.91 Å². The van der Waals surface area contributed by atoms with Gasteiger partial charge in [0.1, 0.15) is 11.5 Å². The summed E-state index contributed by atoms with van der Waals surface area (Å²) in [4.78, 5) is 41.9. The zero-order valence-corrected chi connectivity index (χ0v) is 21.3. The molecule has 1 heterocycles. The highest BCUT2D eigenvalue weighted by Crippen LogP contribution is 2.50. The fourth-order valence-corrected chi connectivity index (χ4v) is 4.98. The van der Waals surface area contributed by atoms with Gasteiger partial charge in [-0.2, -0.15) is 0 Å².